The number of nitrogens with one attached hydrogen (secondary N) is 2. The van der Waals surface area contributed by atoms with E-state index in [0.29, 0.717) is 23.7 Å². The summed E-state index contributed by atoms with van der Waals surface area (Å²) in [4.78, 5) is 34.0. The van der Waals surface area contributed by atoms with Gasteiger partial charge in [0.15, 0.2) is 6.10 Å². The zero-order valence-electron chi connectivity index (χ0n) is 11.7. The minimum atomic E-state index is -0.887. The number of hydrogen-bond donors (Lipinski definition) is 3. The van der Waals surface area contributed by atoms with Crippen LogP contribution >= 0.6 is 11.8 Å². The van der Waals surface area contributed by atoms with Crippen molar-refractivity contribution in [3.8, 4) is 5.75 Å². The van der Waals surface area contributed by atoms with Crippen molar-refractivity contribution in [1.82, 2.24) is 5.32 Å². The molecule has 8 heteroatoms. The molecule has 0 radical (unpaired) electrons. The Bertz CT molecular complexity index is 578. The van der Waals surface area contributed by atoms with Gasteiger partial charge in [-0.3, -0.25) is 14.4 Å². The Labute approximate surface area is 131 Å². The molecule has 2 amide bonds. The van der Waals surface area contributed by atoms with E-state index < -0.39 is 12.1 Å². The Morgan fingerprint density at radius 3 is 2.91 bits per heavy atom. The van der Waals surface area contributed by atoms with Gasteiger partial charge in [0.2, 0.25) is 5.91 Å². The monoisotopic (exact) mass is 324 g/mol. The SMILES string of the molecule is O=C(O)CSCCNC(=O)CC1Oc2ccccc2NC1=O. The molecule has 1 aliphatic rings. The maximum Gasteiger partial charge on any atom is 0.313 e. The number of thioether (sulfide) groups is 1. The summed E-state index contributed by atoms with van der Waals surface area (Å²) in [7, 11) is 0. The summed E-state index contributed by atoms with van der Waals surface area (Å²) < 4.78 is 5.52. The van der Waals surface area contributed by atoms with Crippen LogP contribution in [0.2, 0.25) is 0 Å². The number of rotatable bonds is 7. The highest BCUT2D eigenvalue weighted by Crippen LogP contribution is 2.29. The number of carbonyl (C=O) groups excluding carboxylic acids is 2. The topological polar surface area (TPSA) is 105 Å². The molecule has 0 aromatic heterocycles. The van der Waals surface area contributed by atoms with Gasteiger partial charge >= 0.3 is 5.97 Å². The number of carboxylic acid groups (broad SMARTS) is 1. The minimum absolute atomic E-state index is 0.000790. The highest BCUT2D eigenvalue weighted by Gasteiger charge is 2.29. The molecule has 7 nitrogen and oxygen atoms in total. The van der Waals surface area contributed by atoms with E-state index in [-0.39, 0.29) is 24.0 Å². The van der Waals surface area contributed by atoms with Gasteiger partial charge in [0.1, 0.15) is 5.75 Å². The number of carbonyl (C=O) groups is 3. The molecule has 0 saturated heterocycles. The first-order valence-corrected chi connectivity index (χ1v) is 7.84. The fraction of sp³-hybridized carbons (Fsp3) is 0.357. The molecule has 0 fully saturated rings. The molecular weight excluding hydrogens is 308 g/mol. The van der Waals surface area contributed by atoms with E-state index in [9.17, 15) is 14.4 Å². The van der Waals surface area contributed by atoms with Gasteiger partial charge in [-0.05, 0) is 12.1 Å². The zero-order valence-corrected chi connectivity index (χ0v) is 12.5. The largest absolute Gasteiger partial charge is 0.481 e. The van der Waals surface area contributed by atoms with Crippen LogP contribution in [0, 0.1) is 0 Å². The predicted octanol–water partition coefficient (Wildman–Crippen LogP) is 0.710. The van der Waals surface area contributed by atoms with Crippen LogP contribution in [-0.4, -0.2) is 47.0 Å². The van der Waals surface area contributed by atoms with Crippen molar-refractivity contribution in [2.45, 2.75) is 12.5 Å². The van der Waals surface area contributed by atoms with E-state index in [1.165, 1.54) is 11.8 Å². The quantitative estimate of drug-likeness (QED) is 0.638. The number of para-hydroxylation sites is 2. The van der Waals surface area contributed by atoms with Crippen molar-refractivity contribution >= 4 is 35.2 Å². The molecule has 3 N–H and O–H groups in total. The molecule has 1 unspecified atom stereocenters. The molecule has 2 rings (SSSR count). The van der Waals surface area contributed by atoms with E-state index in [0.717, 1.165) is 0 Å². The molecule has 0 saturated carbocycles. The number of amides is 2. The maximum absolute atomic E-state index is 11.9. The number of fused-ring (bicyclic) bond motifs is 1. The molecule has 0 bridgehead atoms. The molecule has 22 heavy (non-hydrogen) atoms. The molecule has 1 aliphatic heterocycles. The minimum Gasteiger partial charge on any atom is -0.481 e. The van der Waals surface area contributed by atoms with Gasteiger partial charge in [-0.15, -0.1) is 11.8 Å². The van der Waals surface area contributed by atoms with Gasteiger partial charge in [0.05, 0.1) is 17.9 Å². The van der Waals surface area contributed by atoms with Gasteiger partial charge in [-0.25, -0.2) is 0 Å². The zero-order chi connectivity index (χ0) is 15.9. The third-order valence-corrected chi connectivity index (χ3v) is 3.82. The molecular formula is C14H16N2O5S. The van der Waals surface area contributed by atoms with E-state index in [2.05, 4.69) is 10.6 Å². The van der Waals surface area contributed by atoms with Crippen LogP contribution in [0.15, 0.2) is 24.3 Å². The summed E-state index contributed by atoms with van der Waals surface area (Å²) in [5.74, 6) is -0.511. The van der Waals surface area contributed by atoms with Gasteiger partial charge in [-0.2, -0.15) is 0 Å². The van der Waals surface area contributed by atoms with Crippen LogP contribution in [0.4, 0.5) is 5.69 Å². The van der Waals surface area contributed by atoms with Crippen molar-refractivity contribution in [2.24, 2.45) is 0 Å². The molecule has 1 heterocycles. The normalized spacial score (nSPS) is 16.2. The smallest absolute Gasteiger partial charge is 0.313 e. The van der Waals surface area contributed by atoms with Crippen LogP contribution in [0.1, 0.15) is 6.42 Å². The standard InChI is InChI=1S/C14H16N2O5S/c17-12(15-5-6-22-8-13(18)19)7-11-14(20)16-9-3-1-2-4-10(9)21-11/h1-4,11H,5-8H2,(H,15,17)(H,16,20)(H,18,19). The Kier molecular flexibility index (Phi) is 5.65. The maximum atomic E-state index is 11.9. The number of ether oxygens (including phenoxy) is 1. The fourth-order valence-electron chi connectivity index (χ4n) is 1.89. The lowest BCUT2D eigenvalue weighted by Gasteiger charge is -2.25. The highest BCUT2D eigenvalue weighted by molar-refractivity contribution is 7.99. The van der Waals surface area contributed by atoms with Crippen molar-refractivity contribution in [2.75, 3.05) is 23.4 Å². The predicted molar refractivity (Wildman–Crippen MR) is 82.1 cm³/mol. The highest BCUT2D eigenvalue weighted by atomic mass is 32.2. The van der Waals surface area contributed by atoms with E-state index in [4.69, 9.17) is 9.84 Å². The van der Waals surface area contributed by atoms with Crippen LogP contribution in [0.5, 0.6) is 5.75 Å². The second-order valence-electron chi connectivity index (χ2n) is 4.59. The molecule has 0 spiro atoms. The lowest BCUT2D eigenvalue weighted by Crippen LogP contribution is -2.41. The van der Waals surface area contributed by atoms with E-state index in [1.54, 1.807) is 24.3 Å². The van der Waals surface area contributed by atoms with Crippen LogP contribution in [0.3, 0.4) is 0 Å². The van der Waals surface area contributed by atoms with Crippen molar-refractivity contribution in [3.05, 3.63) is 24.3 Å². The Morgan fingerprint density at radius 2 is 2.14 bits per heavy atom. The Balaban J connectivity index is 1.75. The molecule has 0 aliphatic carbocycles. The first-order chi connectivity index (χ1) is 10.6. The van der Waals surface area contributed by atoms with Crippen molar-refractivity contribution in [3.63, 3.8) is 0 Å². The first-order valence-electron chi connectivity index (χ1n) is 6.69. The van der Waals surface area contributed by atoms with Gasteiger partial charge < -0.3 is 20.5 Å². The lowest BCUT2D eigenvalue weighted by molar-refractivity contribution is -0.134. The Hall–Kier alpha value is -2.22. The van der Waals surface area contributed by atoms with Gasteiger partial charge in [0, 0.05) is 12.3 Å². The van der Waals surface area contributed by atoms with Gasteiger partial charge in [0.25, 0.3) is 5.91 Å². The number of aliphatic carboxylic acids is 1. The third-order valence-electron chi connectivity index (χ3n) is 2.87. The number of benzene rings is 1. The summed E-state index contributed by atoms with van der Waals surface area (Å²) in [5, 5.41) is 13.8. The summed E-state index contributed by atoms with van der Waals surface area (Å²) in [6, 6.07) is 7.02. The van der Waals surface area contributed by atoms with Crippen LogP contribution < -0.4 is 15.4 Å². The third kappa shape index (κ3) is 4.66. The van der Waals surface area contributed by atoms with Gasteiger partial charge in [-0.1, -0.05) is 12.1 Å². The van der Waals surface area contributed by atoms with Crippen molar-refractivity contribution in [1.29, 1.82) is 0 Å². The number of hydrogen-bond acceptors (Lipinski definition) is 5. The summed E-state index contributed by atoms with van der Waals surface area (Å²) >= 11 is 1.22. The summed E-state index contributed by atoms with van der Waals surface area (Å²) in [5.41, 5.74) is 0.592. The fourth-order valence-corrected chi connectivity index (χ4v) is 2.46. The second kappa shape index (κ2) is 7.69. The van der Waals surface area contributed by atoms with Crippen LogP contribution in [-0.2, 0) is 14.4 Å². The molecule has 118 valence electrons. The summed E-state index contributed by atoms with van der Waals surface area (Å²) in [6.07, 6.45) is -0.939. The molecule has 1 atom stereocenters. The Morgan fingerprint density at radius 1 is 1.36 bits per heavy atom. The van der Waals surface area contributed by atoms with E-state index in [1.807, 2.05) is 0 Å². The second-order valence-corrected chi connectivity index (χ2v) is 5.70. The van der Waals surface area contributed by atoms with Crippen LogP contribution in [0.25, 0.3) is 0 Å². The number of anilines is 1. The number of carboxylic acids is 1. The lowest BCUT2D eigenvalue weighted by atomic mass is 10.1. The molecule has 1 aromatic rings. The first kappa shape index (κ1) is 16.2. The summed E-state index contributed by atoms with van der Waals surface area (Å²) in [6.45, 7) is 0.349. The average Bonchev–Trinajstić information content (AvgIpc) is 2.47. The average molecular weight is 324 g/mol. The molecule has 1 aromatic carbocycles. The van der Waals surface area contributed by atoms with Crippen molar-refractivity contribution < 1.29 is 24.2 Å². The van der Waals surface area contributed by atoms with E-state index >= 15 is 0 Å².